The van der Waals surface area contributed by atoms with Gasteiger partial charge in [-0.05, 0) is 64.3 Å². The van der Waals surface area contributed by atoms with Crippen molar-refractivity contribution in [3.05, 3.63) is 108 Å². The average Bonchev–Trinajstić information content (AvgIpc) is 3.17. The number of ketones is 2. The van der Waals surface area contributed by atoms with Crippen LogP contribution in [0.25, 0.3) is 5.69 Å². The Morgan fingerprint density at radius 3 is 2.50 bits per heavy atom. The van der Waals surface area contributed by atoms with E-state index in [9.17, 15) is 24.3 Å². The van der Waals surface area contributed by atoms with Gasteiger partial charge in [-0.2, -0.15) is 0 Å². The third kappa shape index (κ3) is 3.36. The van der Waals surface area contributed by atoms with Gasteiger partial charge in [-0.15, -0.1) is 0 Å². The van der Waals surface area contributed by atoms with E-state index in [1.807, 2.05) is 6.08 Å². The molecule has 2 aromatic carbocycles. The van der Waals surface area contributed by atoms with Crippen LogP contribution < -0.4 is 16.1 Å². The molecule has 2 heterocycles. The molecule has 10 heteroatoms. The maximum atomic E-state index is 13.7. The Balaban J connectivity index is 1.61. The molecule has 0 fully saturated rings. The molecule has 0 saturated heterocycles. The van der Waals surface area contributed by atoms with Crippen molar-refractivity contribution in [2.24, 2.45) is 0 Å². The van der Waals surface area contributed by atoms with Crippen LogP contribution in [-0.4, -0.2) is 37.7 Å². The molecule has 0 bridgehead atoms. The Bertz CT molecular complexity index is 1770. The third-order valence-electron chi connectivity index (χ3n) is 7.45. The van der Waals surface area contributed by atoms with Crippen molar-refractivity contribution in [3.63, 3.8) is 0 Å². The first-order chi connectivity index (χ1) is 18.2. The number of hydrogen-bond acceptors (Lipinski definition) is 6. The predicted octanol–water partition coefficient (Wildman–Crippen LogP) is 3.34. The van der Waals surface area contributed by atoms with Crippen molar-refractivity contribution in [2.75, 3.05) is 7.11 Å². The number of methoxy groups -OCH3 is 1. The van der Waals surface area contributed by atoms with Gasteiger partial charge in [0, 0.05) is 29.1 Å². The fourth-order valence-electron chi connectivity index (χ4n) is 5.75. The standard InChI is InChI=1S/C28H22BrN3O6/c1-14-10-21(33)24-18(25(14)34)13-20-17(23(24)15-11-19(29)26(35)22(12-15)38-2)8-9-30-27(36)31(28(37)32(20)30)16-6-4-3-5-7-16/h3-8,10-12,20,23,35H,9,13H2,1-2H3/t20-,23+/m1/s1. The molecule has 0 radical (unpaired) electrons. The summed E-state index contributed by atoms with van der Waals surface area (Å²) in [6, 6.07) is 11.3. The summed E-state index contributed by atoms with van der Waals surface area (Å²) in [6.07, 6.45) is 3.30. The second kappa shape index (κ2) is 8.70. The Morgan fingerprint density at radius 1 is 1.05 bits per heavy atom. The van der Waals surface area contributed by atoms with Crippen molar-refractivity contribution in [1.29, 1.82) is 0 Å². The predicted molar refractivity (Wildman–Crippen MR) is 142 cm³/mol. The summed E-state index contributed by atoms with van der Waals surface area (Å²) < 4.78 is 9.61. The van der Waals surface area contributed by atoms with E-state index >= 15 is 0 Å². The molecule has 0 spiro atoms. The molecule has 9 nitrogen and oxygen atoms in total. The van der Waals surface area contributed by atoms with Gasteiger partial charge in [0.05, 0.1) is 29.9 Å². The zero-order valence-electron chi connectivity index (χ0n) is 20.5. The van der Waals surface area contributed by atoms with Crippen LogP contribution >= 0.6 is 15.9 Å². The maximum Gasteiger partial charge on any atom is 0.352 e. The molecule has 2 atom stereocenters. The summed E-state index contributed by atoms with van der Waals surface area (Å²) in [6.45, 7) is 1.71. The fourth-order valence-corrected chi connectivity index (χ4v) is 6.21. The maximum absolute atomic E-state index is 13.7. The van der Waals surface area contributed by atoms with Crippen molar-refractivity contribution in [2.45, 2.75) is 31.8 Å². The minimum absolute atomic E-state index is 0.0952. The lowest BCUT2D eigenvalue weighted by atomic mass is 9.68. The van der Waals surface area contributed by atoms with E-state index < -0.39 is 23.3 Å². The molecule has 0 saturated carbocycles. The van der Waals surface area contributed by atoms with Gasteiger partial charge in [0.15, 0.2) is 23.1 Å². The van der Waals surface area contributed by atoms with Crippen molar-refractivity contribution < 1.29 is 19.4 Å². The zero-order valence-corrected chi connectivity index (χ0v) is 22.1. The summed E-state index contributed by atoms with van der Waals surface area (Å²) in [5, 5.41) is 10.4. The molecule has 6 rings (SSSR count). The number of allylic oxidation sites excluding steroid dienone is 6. The summed E-state index contributed by atoms with van der Waals surface area (Å²) >= 11 is 3.36. The lowest BCUT2D eigenvalue weighted by Crippen LogP contribution is -2.40. The highest BCUT2D eigenvalue weighted by atomic mass is 79.9. The fraction of sp³-hybridized carbons (Fsp3) is 0.214. The molecule has 0 unspecified atom stereocenters. The minimum Gasteiger partial charge on any atom is -0.503 e. The number of halogens is 1. The Morgan fingerprint density at radius 2 is 1.79 bits per heavy atom. The number of benzene rings is 2. The number of carbonyl (C=O) groups excluding carboxylic acids is 2. The second-order valence-electron chi connectivity index (χ2n) is 9.49. The van der Waals surface area contributed by atoms with Crippen LogP contribution in [0.5, 0.6) is 11.5 Å². The van der Waals surface area contributed by atoms with Gasteiger partial charge in [0.1, 0.15) is 0 Å². The van der Waals surface area contributed by atoms with Crippen LogP contribution in [0, 0.1) is 0 Å². The number of aromatic hydroxyl groups is 1. The Hall–Kier alpha value is -4.18. The molecule has 192 valence electrons. The monoisotopic (exact) mass is 575 g/mol. The van der Waals surface area contributed by atoms with Crippen LogP contribution in [0.4, 0.5) is 0 Å². The van der Waals surface area contributed by atoms with Crippen molar-refractivity contribution in [3.8, 4) is 17.2 Å². The molecule has 0 amide bonds. The summed E-state index contributed by atoms with van der Waals surface area (Å²) in [5.74, 6) is -1.13. The van der Waals surface area contributed by atoms with E-state index in [0.29, 0.717) is 32.4 Å². The van der Waals surface area contributed by atoms with E-state index in [4.69, 9.17) is 4.74 Å². The number of rotatable bonds is 3. The van der Waals surface area contributed by atoms with Crippen LogP contribution in [0.1, 0.15) is 30.9 Å². The second-order valence-corrected chi connectivity index (χ2v) is 10.3. The number of nitrogens with zero attached hydrogens (tertiary/aromatic N) is 3. The van der Waals surface area contributed by atoms with E-state index in [1.165, 1.54) is 22.5 Å². The van der Waals surface area contributed by atoms with Gasteiger partial charge in [-0.1, -0.05) is 24.3 Å². The van der Waals surface area contributed by atoms with Crippen LogP contribution in [0.2, 0.25) is 0 Å². The molecule has 3 aliphatic rings. The zero-order chi connectivity index (χ0) is 26.9. The number of phenolic OH excluding ortho intramolecular Hbond substituents is 1. The number of ether oxygens (including phenoxy) is 1. The van der Waals surface area contributed by atoms with E-state index in [-0.39, 0.29) is 36.0 Å². The number of para-hydroxylation sites is 1. The molecule has 1 aromatic heterocycles. The van der Waals surface area contributed by atoms with Gasteiger partial charge >= 0.3 is 11.4 Å². The van der Waals surface area contributed by atoms with Crippen LogP contribution in [0.3, 0.4) is 0 Å². The number of fused-ring (bicyclic) bond motifs is 3. The number of Topliss-reactive ketones (excluding diaryl/α,β-unsaturated/α-hetero) is 1. The number of aromatic nitrogens is 3. The molecule has 38 heavy (non-hydrogen) atoms. The first-order valence-electron chi connectivity index (χ1n) is 12.0. The third-order valence-corrected chi connectivity index (χ3v) is 8.05. The number of hydrogen-bond donors (Lipinski definition) is 1. The lowest BCUT2D eigenvalue weighted by molar-refractivity contribution is -0.116. The Kier molecular flexibility index (Phi) is 5.53. The average molecular weight is 576 g/mol. The minimum atomic E-state index is -0.689. The lowest BCUT2D eigenvalue weighted by Gasteiger charge is -2.39. The summed E-state index contributed by atoms with van der Waals surface area (Å²) in [4.78, 5) is 53.8. The van der Waals surface area contributed by atoms with Crippen LogP contribution in [0.15, 0.2) is 91.0 Å². The van der Waals surface area contributed by atoms with Gasteiger partial charge in [0.2, 0.25) is 0 Å². The largest absolute Gasteiger partial charge is 0.503 e. The number of carbonyl (C=O) groups is 2. The molecule has 1 N–H and O–H groups in total. The van der Waals surface area contributed by atoms with Crippen LogP contribution in [-0.2, 0) is 16.1 Å². The van der Waals surface area contributed by atoms with Gasteiger partial charge in [0.25, 0.3) is 0 Å². The topological polar surface area (TPSA) is 113 Å². The van der Waals surface area contributed by atoms with Crippen molar-refractivity contribution >= 4 is 27.5 Å². The summed E-state index contributed by atoms with van der Waals surface area (Å²) in [7, 11) is 1.42. The van der Waals surface area contributed by atoms with E-state index in [0.717, 1.165) is 10.1 Å². The van der Waals surface area contributed by atoms with Gasteiger partial charge in [-0.3, -0.25) is 9.59 Å². The molecular weight excluding hydrogens is 554 g/mol. The molecule has 2 aliphatic carbocycles. The van der Waals surface area contributed by atoms with E-state index in [1.54, 1.807) is 49.4 Å². The quantitative estimate of drug-likeness (QED) is 0.378. The molecule has 3 aromatic rings. The normalized spacial score (nSPS) is 20.4. The summed E-state index contributed by atoms with van der Waals surface area (Å²) in [5.41, 5.74) is 1.77. The highest BCUT2D eigenvalue weighted by molar-refractivity contribution is 9.10. The Labute approximate surface area is 224 Å². The van der Waals surface area contributed by atoms with E-state index in [2.05, 4.69) is 15.9 Å². The van der Waals surface area contributed by atoms with Gasteiger partial charge < -0.3 is 9.84 Å². The highest BCUT2D eigenvalue weighted by Gasteiger charge is 2.45. The van der Waals surface area contributed by atoms with Crippen molar-refractivity contribution in [1.82, 2.24) is 13.9 Å². The molecule has 1 aliphatic heterocycles. The first kappa shape index (κ1) is 24.2. The first-order valence-corrected chi connectivity index (χ1v) is 12.8. The highest BCUT2D eigenvalue weighted by Crippen LogP contribution is 2.51. The van der Waals surface area contributed by atoms with Gasteiger partial charge in [-0.25, -0.2) is 23.5 Å². The smallest absolute Gasteiger partial charge is 0.352 e. The molecular formula is C28H22BrN3O6. The SMILES string of the molecule is COc1cc([C@H]2C3=CCn4c(=O)n(-c5ccccc5)c(=O)n4[C@@H]3CC3=C2C(=O)C=C(C)C3=O)cc(Br)c1O. The number of phenols is 1.